The molecule has 0 aromatic rings. The highest BCUT2D eigenvalue weighted by atomic mass is 15.3. The summed E-state index contributed by atoms with van der Waals surface area (Å²) in [7, 11) is 0. The molecule has 2 atom stereocenters. The summed E-state index contributed by atoms with van der Waals surface area (Å²) in [5.41, 5.74) is 0.605. The van der Waals surface area contributed by atoms with Crippen LogP contribution in [0.1, 0.15) is 52.4 Å². The summed E-state index contributed by atoms with van der Waals surface area (Å²) in [6.45, 7) is 8.89. The smallest absolute Gasteiger partial charge is 0.0224 e. The second-order valence-electron chi connectivity index (χ2n) is 6.22. The molecule has 0 aromatic heterocycles. The fraction of sp³-hybridized carbons (Fsp3) is 1.00. The molecule has 0 spiro atoms. The third-order valence-corrected chi connectivity index (χ3v) is 5.49. The number of hydrogen-bond donors (Lipinski definition) is 0. The molecular weight excluding hydrogens is 196 g/mol. The van der Waals surface area contributed by atoms with E-state index in [1.165, 1.54) is 58.2 Å². The molecule has 2 heteroatoms. The summed E-state index contributed by atoms with van der Waals surface area (Å²) in [6.07, 6.45) is 8.63. The normalized spacial score (nSPS) is 39.4. The van der Waals surface area contributed by atoms with E-state index < -0.39 is 0 Å². The van der Waals surface area contributed by atoms with Crippen molar-refractivity contribution in [3.8, 4) is 0 Å². The molecule has 92 valence electrons. The lowest BCUT2D eigenvalue weighted by Gasteiger charge is -2.57. The van der Waals surface area contributed by atoms with Crippen LogP contribution in [0, 0.1) is 0 Å². The van der Waals surface area contributed by atoms with Crippen molar-refractivity contribution in [2.45, 2.75) is 70.0 Å². The summed E-state index contributed by atoms with van der Waals surface area (Å²) < 4.78 is 0. The Morgan fingerprint density at radius 1 is 1.19 bits per heavy atom. The fourth-order valence-electron chi connectivity index (χ4n) is 4.28. The molecule has 0 aromatic carbocycles. The topological polar surface area (TPSA) is 6.48 Å². The van der Waals surface area contributed by atoms with E-state index in [-0.39, 0.29) is 0 Å². The van der Waals surface area contributed by atoms with Crippen LogP contribution in [0.3, 0.4) is 0 Å². The maximum absolute atomic E-state index is 2.88. The molecule has 2 saturated heterocycles. The van der Waals surface area contributed by atoms with E-state index in [4.69, 9.17) is 0 Å². The van der Waals surface area contributed by atoms with Gasteiger partial charge in [-0.15, -0.1) is 0 Å². The summed E-state index contributed by atoms with van der Waals surface area (Å²) >= 11 is 0. The molecule has 16 heavy (non-hydrogen) atoms. The van der Waals surface area contributed by atoms with E-state index in [1.54, 1.807) is 0 Å². The monoisotopic (exact) mass is 222 g/mol. The van der Waals surface area contributed by atoms with Crippen molar-refractivity contribution in [3.05, 3.63) is 0 Å². The minimum atomic E-state index is 0.605. The summed E-state index contributed by atoms with van der Waals surface area (Å²) in [5.74, 6) is 0. The zero-order chi connectivity index (χ0) is 11.2. The van der Waals surface area contributed by atoms with E-state index in [0.29, 0.717) is 5.54 Å². The standard InChI is InChI=1S/C14H26N2/c1-3-14(7-5-8-14)16-11-13-6-4-9-15(13)10-12(16)2/h12-13H,3-11H2,1-2H3. The number of nitrogens with zero attached hydrogens (tertiary/aromatic N) is 2. The van der Waals surface area contributed by atoms with Crippen LogP contribution in [0.4, 0.5) is 0 Å². The lowest BCUT2D eigenvalue weighted by atomic mass is 9.72. The second kappa shape index (κ2) is 3.99. The van der Waals surface area contributed by atoms with Crippen molar-refractivity contribution in [2.24, 2.45) is 0 Å². The highest BCUT2D eigenvalue weighted by Gasteiger charge is 2.46. The van der Waals surface area contributed by atoms with Crippen molar-refractivity contribution in [1.82, 2.24) is 9.80 Å². The van der Waals surface area contributed by atoms with Gasteiger partial charge in [-0.1, -0.05) is 6.92 Å². The third kappa shape index (κ3) is 1.53. The number of hydrogen-bond acceptors (Lipinski definition) is 2. The Morgan fingerprint density at radius 2 is 2.00 bits per heavy atom. The lowest BCUT2D eigenvalue weighted by molar-refractivity contribution is -0.0650. The lowest BCUT2D eigenvalue weighted by Crippen LogP contribution is -2.65. The molecule has 3 rings (SSSR count). The third-order valence-electron chi connectivity index (χ3n) is 5.49. The zero-order valence-corrected chi connectivity index (χ0v) is 10.9. The van der Waals surface area contributed by atoms with Crippen LogP contribution in [0.5, 0.6) is 0 Å². The zero-order valence-electron chi connectivity index (χ0n) is 10.9. The number of rotatable bonds is 2. The molecular formula is C14H26N2. The molecule has 0 bridgehead atoms. The van der Waals surface area contributed by atoms with Crippen LogP contribution >= 0.6 is 0 Å². The van der Waals surface area contributed by atoms with E-state index in [9.17, 15) is 0 Å². The van der Waals surface area contributed by atoms with E-state index in [0.717, 1.165) is 12.1 Å². The van der Waals surface area contributed by atoms with Crippen LogP contribution in [0.2, 0.25) is 0 Å². The molecule has 0 N–H and O–H groups in total. The van der Waals surface area contributed by atoms with Crippen molar-refractivity contribution in [3.63, 3.8) is 0 Å². The fourth-order valence-corrected chi connectivity index (χ4v) is 4.28. The van der Waals surface area contributed by atoms with Gasteiger partial charge < -0.3 is 0 Å². The minimum Gasteiger partial charge on any atom is -0.298 e. The van der Waals surface area contributed by atoms with Crippen molar-refractivity contribution in [2.75, 3.05) is 19.6 Å². The van der Waals surface area contributed by atoms with Crippen LogP contribution in [0.15, 0.2) is 0 Å². The highest BCUT2D eigenvalue weighted by Crippen LogP contribution is 2.43. The molecule has 2 unspecified atom stereocenters. The van der Waals surface area contributed by atoms with Crippen LogP contribution in [0.25, 0.3) is 0 Å². The number of piperazine rings is 1. The van der Waals surface area contributed by atoms with Gasteiger partial charge >= 0.3 is 0 Å². The van der Waals surface area contributed by atoms with Gasteiger partial charge in [0, 0.05) is 30.7 Å². The van der Waals surface area contributed by atoms with Crippen molar-refractivity contribution < 1.29 is 0 Å². The van der Waals surface area contributed by atoms with Gasteiger partial charge in [0.1, 0.15) is 0 Å². The molecule has 3 fully saturated rings. The Hall–Kier alpha value is -0.0800. The summed E-state index contributed by atoms with van der Waals surface area (Å²) in [4.78, 5) is 5.62. The molecule has 0 radical (unpaired) electrons. The van der Waals surface area contributed by atoms with Crippen LogP contribution in [-0.4, -0.2) is 47.1 Å². The Bertz CT molecular complexity index is 254. The van der Waals surface area contributed by atoms with Crippen LogP contribution in [-0.2, 0) is 0 Å². The van der Waals surface area contributed by atoms with Crippen molar-refractivity contribution >= 4 is 0 Å². The van der Waals surface area contributed by atoms with E-state index in [2.05, 4.69) is 23.6 Å². The molecule has 1 aliphatic carbocycles. The van der Waals surface area contributed by atoms with Gasteiger partial charge in [0.05, 0.1) is 0 Å². The van der Waals surface area contributed by atoms with Gasteiger partial charge in [-0.2, -0.15) is 0 Å². The molecule has 2 nitrogen and oxygen atoms in total. The maximum Gasteiger partial charge on any atom is 0.0224 e. The first kappa shape index (κ1) is 11.0. The Morgan fingerprint density at radius 3 is 2.62 bits per heavy atom. The Balaban J connectivity index is 1.74. The summed E-state index contributed by atoms with van der Waals surface area (Å²) in [5, 5.41) is 0. The predicted octanol–water partition coefficient (Wildman–Crippen LogP) is 2.49. The molecule has 3 aliphatic rings. The SMILES string of the molecule is CCC1(N2CC3CCCN3CC2C)CCC1. The van der Waals surface area contributed by atoms with Gasteiger partial charge in [-0.25, -0.2) is 0 Å². The van der Waals surface area contributed by atoms with E-state index in [1.807, 2.05) is 0 Å². The first-order valence-electron chi connectivity index (χ1n) is 7.26. The van der Waals surface area contributed by atoms with Gasteiger partial charge in [0.2, 0.25) is 0 Å². The van der Waals surface area contributed by atoms with Gasteiger partial charge in [-0.3, -0.25) is 9.80 Å². The highest BCUT2D eigenvalue weighted by molar-refractivity contribution is 5.03. The summed E-state index contributed by atoms with van der Waals surface area (Å²) in [6, 6.07) is 1.68. The van der Waals surface area contributed by atoms with Gasteiger partial charge in [0.15, 0.2) is 0 Å². The molecule has 1 saturated carbocycles. The average Bonchev–Trinajstić information content (AvgIpc) is 2.64. The predicted molar refractivity (Wildman–Crippen MR) is 67.6 cm³/mol. The number of fused-ring (bicyclic) bond motifs is 1. The second-order valence-corrected chi connectivity index (χ2v) is 6.22. The van der Waals surface area contributed by atoms with Crippen LogP contribution < -0.4 is 0 Å². The maximum atomic E-state index is 2.88. The van der Waals surface area contributed by atoms with Gasteiger partial charge in [-0.05, 0) is 52.0 Å². The average molecular weight is 222 g/mol. The molecule has 2 aliphatic heterocycles. The Labute approximate surface area is 100.0 Å². The Kier molecular flexibility index (Phi) is 2.75. The largest absolute Gasteiger partial charge is 0.298 e. The molecule has 0 amide bonds. The first-order chi connectivity index (χ1) is 7.75. The van der Waals surface area contributed by atoms with E-state index >= 15 is 0 Å². The van der Waals surface area contributed by atoms with Crippen molar-refractivity contribution in [1.29, 1.82) is 0 Å². The first-order valence-corrected chi connectivity index (χ1v) is 7.26. The van der Waals surface area contributed by atoms with Gasteiger partial charge in [0.25, 0.3) is 0 Å². The minimum absolute atomic E-state index is 0.605. The molecule has 2 heterocycles. The quantitative estimate of drug-likeness (QED) is 0.708.